The molecule has 7 heteroatoms. The molecule has 3 amide bonds. The molecule has 2 rings (SSSR count). The molecule has 1 aromatic carbocycles. The van der Waals surface area contributed by atoms with Gasteiger partial charge in [-0.1, -0.05) is 12.1 Å². The quantitative estimate of drug-likeness (QED) is 0.529. The standard InChI is InChI=1S/C12H10N4O3/c13-5-6-14-11(18)12(19)16-7-10(17)15-8-3-1-2-4-9(8)16/h1-4H,6-7H2,(H,14,18)(H,15,17). The first kappa shape index (κ1) is 12.6. The highest BCUT2D eigenvalue weighted by molar-refractivity contribution is 6.41. The molecule has 96 valence electrons. The van der Waals surface area contributed by atoms with E-state index < -0.39 is 11.8 Å². The fourth-order valence-electron chi connectivity index (χ4n) is 1.73. The lowest BCUT2D eigenvalue weighted by atomic mass is 10.2. The lowest BCUT2D eigenvalue weighted by molar-refractivity contribution is -0.137. The van der Waals surface area contributed by atoms with Gasteiger partial charge in [0.25, 0.3) is 0 Å². The van der Waals surface area contributed by atoms with E-state index >= 15 is 0 Å². The van der Waals surface area contributed by atoms with Crippen molar-refractivity contribution in [2.45, 2.75) is 0 Å². The molecule has 0 spiro atoms. The highest BCUT2D eigenvalue weighted by atomic mass is 16.2. The Morgan fingerprint density at radius 2 is 2.16 bits per heavy atom. The number of fused-ring (bicyclic) bond motifs is 1. The number of hydrogen-bond acceptors (Lipinski definition) is 4. The molecule has 0 saturated heterocycles. The second-order valence-electron chi connectivity index (χ2n) is 3.80. The minimum Gasteiger partial charge on any atom is -0.335 e. The molecule has 7 nitrogen and oxygen atoms in total. The molecule has 0 bridgehead atoms. The number of nitrogens with one attached hydrogen (secondary N) is 2. The van der Waals surface area contributed by atoms with Crippen LogP contribution in [0.4, 0.5) is 11.4 Å². The number of nitrogens with zero attached hydrogens (tertiary/aromatic N) is 2. The zero-order valence-corrected chi connectivity index (χ0v) is 9.84. The third-order valence-electron chi connectivity index (χ3n) is 2.54. The Hall–Kier alpha value is -2.88. The van der Waals surface area contributed by atoms with Crippen LogP contribution in [0.5, 0.6) is 0 Å². The van der Waals surface area contributed by atoms with Gasteiger partial charge in [0.05, 0.1) is 17.4 Å². The minimum absolute atomic E-state index is 0.226. The molecule has 19 heavy (non-hydrogen) atoms. The van der Waals surface area contributed by atoms with Gasteiger partial charge in [-0.2, -0.15) is 5.26 Å². The zero-order valence-electron chi connectivity index (χ0n) is 9.84. The fraction of sp³-hybridized carbons (Fsp3) is 0.167. The van der Waals surface area contributed by atoms with E-state index in [1.165, 1.54) is 0 Å². The van der Waals surface area contributed by atoms with Gasteiger partial charge in [0.15, 0.2) is 0 Å². The summed E-state index contributed by atoms with van der Waals surface area (Å²) in [6, 6.07) is 8.38. The molecule has 1 aliphatic heterocycles. The number of nitriles is 1. The van der Waals surface area contributed by atoms with Crippen LogP contribution in [0.1, 0.15) is 0 Å². The Morgan fingerprint density at radius 1 is 1.42 bits per heavy atom. The van der Waals surface area contributed by atoms with Crippen LogP contribution in [-0.4, -0.2) is 30.8 Å². The van der Waals surface area contributed by atoms with Crippen molar-refractivity contribution in [3.8, 4) is 6.07 Å². The van der Waals surface area contributed by atoms with Gasteiger partial charge < -0.3 is 10.6 Å². The summed E-state index contributed by atoms with van der Waals surface area (Å²) in [4.78, 5) is 36.0. The van der Waals surface area contributed by atoms with Crippen molar-refractivity contribution in [2.24, 2.45) is 0 Å². The first-order chi connectivity index (χ1) is 9.13. The van der Waals surface area contributed by atoms with Gasteiger partial charge in [0, 0.05) is 0 Å². The fourth-order valence-corrected chi connectivity index (χ4v) is 1.73. The molecule has 2 N–H and O–H groups in total. The second kappa shape index (κ2) is 5.18. The highest BCUT2D eigenvalue weighted by Gasteiger charge is 2.30. The van der Waals surface area contributed by atoms with E-state index in [1.807, 2.05) is 0 Å². The summed E-state index contributed by atoms with van der Waals surface area (Å²) in [5, 5.41) is 13.1. The number of carbonyl (C=O) groups is 3. The predicted octanol–water partition coefficient (Wildman–Crippen LogP) is -0.389. The van der Waals surface area contributed by atoms with E-state index in [4.69, 9.17) is 5.26 Å². The Labute approximate surface area is 108 Å². The van der Waals surface area contributed by atoms with Gasteiger partial charge in [0.2, 0.25) is 5.91 Å². The number of amides is 3. The summed E-state index contributed by atoms with van der Waals surface area (Å²) < 4.78 is 0. The molecule has 0 fully saturated rings. The average molecular weight is 258 g/mol. The van der Waals surface area contributed by atoms with Crippen molar-refractivity contribution < 1.29 is 14.4 Å². The smallest absolute Gasteiger partial charge is 0.316 e. The summed E-state index contributed by atoms with van der Waals surface area (Å²) >= 11 is 0. The third kappa shape index (κ3) is 2.52. The summed E-state index contributed by atoms with van der Waals surface area (Å²) in [6.45, 7) is -0.484. The average Bonchev–Trinajstić information content (AvgIpc) is 2.42. The van der Waals surface area contributed by atoms with E-state index in [1.54, 1.807) is 30.3 Å². The molecule has 1 heterocycles. The van der Waals surface area contributed by atoms with Crippen molar-refractivity contribution in [2.75, 3.05) is 23.3 Å². The molecule has 0 aromatic heterocycles. The van der Waals surface area contributed by atoms with Crippen molar-refractivity contribution in [1.29, 1.82) is 5.26 Å². The molecular formula is C12H10N4O3. The predicted molar refractivity (Wildman–Crippen MR) is 66.0 cm³/mol. The van der Waals surface area contributed by atoms with Gasteiger partial charge in [-0.15, -0.1) is 0 Å². The Kier molecular flexibility index (Phi) is 3.43. The highest BCUT2D eigenvalue weighted by Crippen LogP contribution is 2.28. The topological polar surface area (TPSA) is 102 Å². The first-order valence-electron chi connectivity index (χ1n) is 5.49. The number of rotatable bonds is 1. The first-order valence-corrected chi connectivity index (χ1v) is 5.49. The number of hydrogen-bond donors (Lipinski definition) is 2. The Balaban J connectivity index is 2.25. The minimum atomic E-state index is -0.911. The van der Waals surface area contributed by atoms with Crippen molar-refractivity contribution in [3.63, 3.8) is 0 Å². The van der Waals surface area contributed by atoms with Crippen LogP contribution in [-0.2, 0) is 14.4 Å². The molecule has 0 atom stereocenters. The van der Waals surface area contributed by atoms with Gasteiger partial charge in [-0.05, 0) is 12.1 Å². The molecule has 0 aliphatic carbocycles. The van der Waals surface area contributed by atoms with Crippen LogP contribution in [0.2, 0.25) is 0 Å². The molecule has 1 aromatic rings. The number of benzene rings is 1. The van der Waals surface area contributed by atoms with Crippen LogP contribution < -0.4 is 15.5 Å². The maximum absolute atomic E-state index is 11.9. The lowest BCUT2D eigenvalue weighted by Gasteiger charge is -2.28. The molecule has 0 radical (unpaired) electrons. The maximum Gasteiger partial charge on any atom is 0.316 e. The van der Waals surface area contributed by atoms with E-state index in [9.17, 15) is 14.4 Å². The van der Waals surface area contributed by atoms with Crippen LogP contribution >= 0.6 is 0 Å². The van der Waals surface area contributed by atoms with Gasteiger partial charge in [-0.25, -0.2) is 0 Å². The van der Waals surface area contributed by atoms with Crippen molar-refractivity contribution in [3.05, 3.63) is 24.3 Å². The molecular weight excluding hydrogens is 248 g/mol. The normalized spacial score (nSPS) is 13.0. The number of para-hydroxylation sites is 2. The lowest BCUT2D eigenvalue weighted by Crippen LogP contribution is -2.48. The summed E-state index contributed by atoms with van der Waals surface area (Å²) in [5.41, 5.74) is 0.930. The largest absolute Gasteiger partial charge is 0.335 e. The Morgan fingerprint density at radius 3 is 2.89 bits per heavy atom. The zero-order chi connectivity index (χ0) is 13.8. The third-order valence-corrected chi connectivity index (χ3v) is 2.54. The van der Waals surface area contributed by atoms with Crippen LogP contribution in [0, 0.1) is 11.3 Å². The van der Waals surface area contributed by atoms with Crippen molar-refractivity contribution in [1.82, 2.24) is 5.32 Å². The van der Waals surface area contributed by atoms with Crippen LogP contribution in [0.15, 0.2) is 24.3 Å². The number of carbonyl (C=O) groups excluding carboxylic acids is 3. The monoisotopic (exact) mass is 258 g/mol. The van der Waals surface area contributed by atoms with E-state index in [2.05, 4.69) is 10.6 Å². The number of anilines is 2. The van der Waals surface area contributed by atoms with Gasteiger partial charge >= 0.3 is 11.8 Å². The molecule has 0 unspecified atom stereocenters. The van der Waals surface area contributed by atoms with E-state index in [-0.39, 0.29) is 19.0 Å². The SMILES string of the molecule is N#CCNC(=O)C(=O)N1CC(=O)Nc2ccccc21. The van der Waals surface area contributed by atoms with E-state index in [0.29, 0.717) is 11.4 Å². The molecule has 0 saturated carbocycles. The Bertz CT molecular complexity index is 591. The van der Waals surface area contributed by atoms with Crippen LogP contribution in [0.25, 0.3) is 0 Å². The maximum atomic E-state index is 11.9. The van der Waals surface area contributed by atoms with Crippen LogP contribution in [0.3, 0.4) is 0 Å². The second-order valence-corrected chi connectivity index (χ2v) is 3.80. The summed E-state index contributed by atoms with van der Waals surface area (Å²) in [6.07, 6.45) is 0. The van der Waals surface area contributed by atoms with Gasteiger partial charge in [0.1, 0.15) is 13.1 Å². The van der Waals surface area contributed by atoms with Crippen molar-refractivity contribution >= 4 is 29.1 Å². The van der Waals surface area contributed by atoms with Gasteiger partial charge in [-0.3, -0.25) is 19.3 Å². The van der Waals surface area contributed by atoms with E-state index in [0.717, 1.165) is 4.90 Å². The summed E-state index contributed by atoms with van der Waals surface area (Å²) in [7, 11) is 0. The summed E-state index contributed by atoms with van der Waals surface area (Å²) in [5.74, 6) is -2.15. The molecule has 1 aliphatic rings.